The molecule has 0 saturated carbocycles. The van der Waals surface area contributed by atoms with Gasteiger partial charge in [-0.15, -0.1) is 0 Å². The molecule has 0 unspecified atom stereocenters. The van der Waals surface area contributed by atoms with Crippen molar-refractivity contribution in [1.82, 2.24) is 4.98 Å². The number of nitrogens with zero attached hydrogens (tertiary/aromatic N) is 2. The van der Waals surface area contributed by atoms with E-state index in [0.717, 1.165) is 17.1 Å². The van der Waals surface area contributed by atoms with Gasteiger partial charge in [0.05, 0.1) is 7.11 Å². The molecule has 4 nitrogen and oxygen atoms in total. The zero-order valence-corrected chi connectivity index (χ0v) is 11.3. The molecule has 1 amide bonds. The molecule has 1 heterocycles. The quantitative estimate of drug-likeness (QED) is 0.848. The van der Waals surface area contributed by atoms with Gasteiger partial charge in [-0.1, -0.05) is 6.07 Å². The van der Waals surface area contributed by atoms with Crippen LogP contribution in [0.2, 0.25) is 0 Å². The second-order valence-electron chi connectivity index (χ2n) is 4.23. The standard InChI is InChI=1S/C15H16N2O2/c1-11-5-4-6-14(16-11)15(18)17(2)12-7-9-13(19-3)10-8-12/h4-10H,1-3H3. The van der Waals surface area contributed by atoms with Crippen LogP contribution in [0.5, 0.6) is 5.75 Å². The summed E-state index contributed by atoms with van der Waals surface area (Å²) in [6.45, 7) is 1.87. The Labute approximate surface area is 112 Å². The van der Waals surface area contributed by atoms with Crippen LogP contribution in [0.4, 0.5) is 5.69 Å². The predicted octanol–water partition coefficient (Wildman–Crippen LogP) is 2.68. The Bertz CT molecular complexity index is 579. The molecule has 0 aliphatic heterocycles. The van der Waals surface area contributed by atoms with Gasteiger partial charge in [0.2, 0.25) is 0 Å². The first kappa shape index (κ1) is 13.1. The second-order valence-corrected chi connectivity index (χ2v) is 4.23. The number of ether oxygens (including phenoxy) is 1. The molecule has 0 bridgehead atoms. The lowest BCUT2D eigenvalue weighted by Crippen LogP contribution is -2.27. The molecule has 98 valence electrons. The Balaban J connectivity index is 2.23. The average Bonchev–Trinajstić information content (AvgIpc) is 2.46. The molecule has 0 N–H and O–H groups in total. The third-order valence-corrected chi connectivity index (χ3v) is 2.87. The first-order valence-electron chi connectivity index (χ1n) is 5.97. The van der Waals surface area contributed by atoms with E-state index < -0.39 is 0 Å². The number of carbonyl (C=O) groups excluding carboxylic acids is 1. The van der Waals surface area contributed by atoms with Gasteiger partial charge >= 0.3 is 0 Å². The number of amides is 1. The molecule has 0 radical (unpaired) electrons. The highest BCUT2D eigenvalue weighted by atomic mass is 16.5. The van der Waals surface area contributed by atoms with Crippen LogP contribution < -0.4 is 9.64 Å². The fourth-order valence-electron chi connectivity index (χ4n) is 1.76. The summed E-state index contributed by atoms with van der Waals surface area (Å²) in [7, 11) is 3.34. The van der Waals surface area contributed by atoms with Gasteiger partial charge in [0.15, 0.2) is 0 Å². The maximum absolute atomic E-state index is 12.3. The van der Waals surface area contributed by atoms with Crippen molar-refractivity contribution in [3.05, 3.63) is 53.9 Å². The van der Waals surface area contributed by atoms with E-state index in [1.165, 1.54) is 0 Å². The van der Waals surface area contributed by atoms with Gasteiger partial charge < -0.3 is 9.64 Å². The van der Waals surface area contributed by atoms with E-state index in [2.05, 4.69) is 4.98 Å². The van der Waals surface area contributed by atoms with Crippen LogP contribution in [-0.4, -0.2) is 25.0 Å². The van der Waals surface area contributed by atoms with Gasteiger partial charge in [-0.05, 0) is 43.3 Å². The van der Waals surface area contributed by atoms with E-state index in [1.54, 1.807) is 25.1 Å². The summed E-state index contributed by atoms with van der Waals surface area (Å²) in [6, 6.07) is 12.7. The zero-order chi connectivity index (χ0) is 13.8. The molecule has 1 aromatic carbocycles. The summed E-state index contributed by atoms with van der Waals surface area (Å²) in [5, 5.41) is 0. The van der Waals surface area contributed by atoms with Crippen molar-refractivity contribution in [2.45, 2.75) is 6.92 Å². The lowest BCUT2D eigenvalue weighted by molar-refractivity contribution is 0.0988. The molecular weight excluding hydrogens is 240 g/mol. The minimum atomic E-state index is -0.131. The Morgan fingerprint density at radius 2 is 1.84 bits per heavy atom. The number of carbonyl (C=O) groups is 1. The molecule has 2 aromatic rings. The van der Waals surface area contributed by atoms with Gasteiger partial charge in [-0.2, -0.15) is 0 Å². The predicted molar refractivity (Wildman–Crippen MR) is 74.7 cm³/mol. The van der Waals surface area contributed by atoms with Crippen LogP contribution in [0.1, 0.15) is 16.2 Å². The second kappa shape index (κ2) is 5.52. The molecule has 0 aliphatic rings. The highest BCUT2D eigenvalue weighted by Gasteiger charge is 2.14. The van der Waals surface area contributed by atoms with E-state index in [0.29, 0.717) is 5.69 Å². The maximum Gasteiger partial charge on any atom is 0.276 e. The largest absolute Gasteiger partial charge is 0.497 e. The Hall–Kier alpha value is -2.36. The molecule has 0 aliphatic carbocycles. The number of anilines is 1. The van der Waals surface area contributed by atoms with Crippen LogP contribution in [0.25, 0.3) is 0 Å². The first-order valence-corrected chi connectivity index (χ1v) is 5.97. The summed E-state index contributed by atoms with van der Waals surface area (Å²) < 4.78 is 5.09. The van der Waals surface area contributed by atoms with Crippen molar-refractivity contribution in [2.75, 3.05) is 19.1 Å². The van der Waals surface area contributed by atoms with Crippen molar-refractivity contribution in [2.24, 2.45) is 0 Å². The van der Waals surface area contributed by atoms with E-state index in [-0.39, 0.29) is 5.91 Å². The molecule has 0 fully saturated rings. The number of hydrogen-bond donors (Lipinski definition) is 0. The van der Waals surface area contributed by atoms with Crippen LogP contribution >= 0.6 is 0 Å². The summed E-state index contributed by atoms with van der Waals surface area (Å²) >= 11 is 0. The number of aromatic nitrogens is 1. The number of aryl methyl sites for hydroxylation is 1. The van der Waals surface area contributed by atoms with Crippen LogP contribution in [0, 0.1) is 6.92 Å². The first-order chi connectivity index (χ1) is 9.11. The van der Waals surface area contributed by atoms with E-state index in [9.17, 15) is 4.79 Å². The van der Waals surface area contributed by atoms with Crippen molar-refractivity contribution >= 4 is 11.6 Å². The minimum absolute atomic E-state index is 0.131. The number of rotatable bonds is 3. The zero-order valence-electron chi connectivity index (χ0n) is 11.3. The highest BCUT2D eigenvalue weighted by Crippen LogP contribution is 2.19. The average molecular weight is 256 g/mol. The van der Waals surface area contributed by atoms with E-state index in [4.69, 9.17) is 4.74 Å². The third-order valence-electron chi connectivity index (χ3n) is 2.87. The molecule has 1 aromatic heterocycles. The van der Waals surface area contributed by atoms with Crippen molar-refractivity contribution < 1.29 is 9.53 Å². The molecule has 0 saturated heterocycles. The van der Waals surface area contributed by atoms with Gasteiger partial charge in [-0.25, -0.2) is 4.98 Å². The topological polar surface area (TPSA) is 42.4 Å². The normalized spacial score (nSPS) is 10.1. The fraction of sp³-hybridized carbons (Fsp3) is 0.200. The van der Waals surface area contributed by atoms with Crippen molar-refractivity contribution in [3.63, 3.8) is 0 Å². The molecule has 2 rings (SSSR count). The van der Waals surface area contributed by atoms with E-state index in [1.807, 2.05) is 43.3 Å². The van der Waals surface area contributed by atoms with Crippen LogP contribution in [0.3, 0.4) is 0 Å². The summed E-state index contributed by atoms with van der Waals surface area (Å²) in [4.78, 5) is 18.1. The molecular formula is C15H16N2O2. The van der Waals surface area contributed by atoms with Crippen molar-refractivity contribution in [3.8, 4) is 5.75 Å². The fourth-order valence-corrected chi connectivity index (χ4v) is 1.76. The highest BCUT2D eigenvalue weighted by molar-refractivity contribution is 6.04. The number of benzene rings is 1. The van der Waals surface area contributed by atoms with Gasteiger partial charge in [0.1, 0.15) is 11.4 Å². The molecule has 4 heteroatoms. The summed E-state index contributed by atoms with van der Waals surface area (Å²) in [5.74, 6) is 0.632. The molecule has 0 atom stereocenters. The Morgan fingerprint density at radius 1 is 1.16 bits per heavy atom. The third kappa shape index (κ3) is 2.91. The number of methoxy groups -OCH3 is 1. The van der Waals surface area contributed by atoms with E-state index >= 15 is 0 Å². The Morgan fingerprint density at radius 3 is 2.42 bits per heavy atom. The SMILES string of the molecule is COc1ccc(N(C)C(=O)c2cccc(C)n2)cc1. The van der Waals surface area contributed by atoms with Gasteiger partial charge in [-0.3, -0.25) is 4.79 Å². The van der Waals surface area contributed by atoms with Crippen LogP contribution in [0.15, 0.2) is 42.5 Å². The smallest absolute Gasteiger partial charge is 0.276 e. The summed E-state index contributed by atoms with van der Waals surface area (Å²) in [5.41, 5.74) is 2.07. The number of hydrogen-bond acceptors (Lipinski definition) is 3. The van der Waals surface area contributed by atoms with Gasteiger partial charge in [0.25, 0.3) is 5.91 Å². The summed E-state index contributed by atoms with van der Waals surface area (Å²) in [6.07, 6.45) is 0. The maximum atomic E-state index is 12.3. The van der Waals surface area contributed by atoms with Crippen molar-refractivity contribution in [1.29, 1.82) is 0 Å². The van der Waals surface area contributed by atoms with Crippen LogP contribution in [-0.2, 0) is 0 Å². The molecule has 0 spiro atoms. The Kier molecular flexibility index (Phi) is 3.80. The molecule has 19 heavy (non-hydrogen) atoms. The minimum Gasteiger partial charge on any atom is -0.497 e. The number of pyridine rings is 1. The lowest BCUT2D eigenvalue weighted by atomic mass is 10.2. The monoisotopic (exact) mass is 256 g/mol. The lowest BCUT2D eigenvalue weighted by Gasteiger charge is -2.17. The van der Waals surface area contributed by atoms with Gasteiger partial charge in [0, 0.05) is 18.4 Å².